The fraction of sp³-hybridized carbons (Fsp3) is 0.333. The first-order valence-corrected chi connectivity index (χ1v) is 13.0. The quantitative estimate of drug-likeness (QED) is 0.428. The first-order valence-electron chi connectivity index (χ1n) is 12.7. The lowest BCUT2D eigenvalue weighted by molar-refractivity contribution is -0.137. The summed E-state index contributed by atoms with van der Waals surface area (Å²) in [4.78, 5) is 28.1. The van der Waals surface area contributed by atoms with Gasteiger partial charge in [-0.2, -0.15) is 0 Å². The second-order valence-electron chi connectivity index (χ2n) is 9.79. The van der Waals surface area contributed by atoms with Gasteiger partial charge in [-0.3, -0.25) is 9.59 Å². The van der Waals surface area contributed by atoms with Crippen LogP contribution in [-0.4, -0.2) is 29.9 Å². The fourth-order valence-corrected chi connectivity index (χ4v) is 5.63. The Bertz CT molecular complexity index is 1270. The number of anilines is 1. The number of carbonyl (C=O) groups excluding carboxylic acids is 2. The van der Waals surface area contributed by atoms with Gasteiger partial charge in [0.1, 0.15) is 5.75 Å². The smallest absolute Gasteiger partial charge is 0.262 e. The van der Waals surface area contributed by atoms with E-state index in [0.29, 0.717) is 23.0 Å². The van der Waals surface area contributed by atoms with Gasteiger partial charge < -0.3 is 15.0 Å². The molecule has 0 bridgehead atoms. The molecule has 1 heterocycles. The first kappa shape index (κ1) is 24.4. The number of benzene rings is 3. The normalized spacial score (nSPS) is 17.5. The monoisotopic (exact) mass is 502 g/mol. The zero-order valence-corrected chi connectivity index (χ0v) is 21.3. The third kappa shape index (κ3) is 5.41. The predicted molar refractivity (Wildman–Crippen MR) is 142 cm³/mol. The number of nitrogens with zero attached hydrogens (tertiary/aromatic N) is 1. The summed E-state index contributed by atoms with van der Waals surface area (Å²) < 4.78 is 5.89. The van der Waals surface area contributed by atoms with Crippen LogP contribution in [-0.2, 0) is 16.0 Å². The maximum Gasteiger partial charge on any atom is 0.262 e. The van der Waals surface area contributed by atoms with Gasteiger partial charge in [0.2, 0.25) is 5.91 Å². The van der Waals surface area contributed by atoms with Crippen molar-refractivity contribution in [3.63, 3.8) is 0 Å². The lowest BCUT2D eigenvalue weighted by Gasteiger charge is -2.39. The van der Waals surface area contributed by atoms with Crippen LogP contribution in [0.5, 0.6) is 5.75 Å². The number of hydrogen-bond donors (Lipinski definition) is 1. The molecule has 0 radical (unpaired) electrons. The van der Waals surface area contributed by atoms with Crippen LogP contribution in [0.15, 0.2) is 66.7 Å². The van der Waals surface area contributed by atoms with E-state index < -0.39 is 0 Å². The van der Waals surface area contributed by atoms with Crippen molar-refractivity contribution in [1.82, 2.24) is 4.90 Å². The molecule has 0 spiro atoms. The third-order valence-corrected chi connectivity index (χ3v) is 7.40. The summed E-state index contributed by atoms with van der Waals surface area (Å²) in [5.74, 6) is 0.733. The Hall–Kier alpha value is -3.31. The Balaban J connectivity index is 1.39. The summed E-state index contributed by atoms with van der Waals surface area (Å²) >= 11 is 6.01. The standard InChI is InChI=1S/C30H31ClN2O3/c1-20-6-4-9-23(16-20)29-27-18-26(36-19-28(34)32-25-11-5-10-24(31)17-25)13-12-21(27)14-15-33(29)30(35)22-7-2-3-8-22/h4-6,9-13,16-18,22,29H,2-3,7-8,14-15,19H2,1H3,(H,32,34). The zero-order valence-electron chi connectivity index (χ0n) is 20.5. The molecule has 1 aliphatic carbocycles. The van der Waals surface area contributed by atoms with E-state index >= 15 is 0 Å². The molecule has 1 N–H and O–H groups in total. The number of hydrogen-bond acceptors (Lipinski definition) is 3. The molecule has 5 rings (SSSR count). The average molecular weight is 503 g/mol. The lowest BCUT2D eigenvalue weighted by atomic mass is 9.86. The molecule has 1 unspecified atom stereocenters. The highest BCUT2D eigenvalue weighted by Crippen LogP contribution is 2.40. The van der Waals surface area contributed by atoms with Crippen molar-refractivity contribution in [2.75, 3.05) is 18.5 Å². The van der Waals surface area contributed by atoms with E-state index in [9.17, 15) is 9.59 Å². The van der Waals surface area contributed by atoms with Crippen molar-refractivity contribution in [1.29, 1.82) is 0 Å². The number of ether oxygens (including phenoxy) is 1. The molecule has 1 aliphatic heterocycles. The van der Waals surface area contributed by atoms with Gasteiger partial charge in [0.05, 0.1) is 6.04 Å². The van der Waals surface area contributed by atoms with Crippen LogP contribution in [0.3, 0.4) is 0 Å². The fourth-order valence-electron chi connectivity index (χ4n) is 5.44. The molecular weight excluding hydrogens is 472 g/mol. The molecule has 6 heteroatoms. The average Bonchev–Trinajstić information content (AvgIpc) is 3.41. The van der Waals surface area contributed by atoms with Gasteiger partial charge in [-0.25, -0.2) is 0 Å². The summed E-state index contributed by atoms with van der Waals surface area (Å²) in [7, 11) is 0. The zero-order chi connectivity index (χ0) is 25.1. The van der Waals surface area contributed by atoms with Crippen molar-refractivity contribution >= 4 is 29.1 Å². The molecule has 0 saturated heterocycles. The summed E-state index contributed by atoms with van der Waals surface area (Å²) in [5, 5.41) is 3.37. The highest BCUT2D eigenvalue weighted by Gasteiger charge is 2.36. The van der Waals surface area contributed by atoms with E-state index in [2.05, 4.69) is 47.5 Å². The van der Waals surface area contributed by atoms with Crippen molar-refractivity contribution in [2.24, 2.45) is 5.92 Å². The van der Waals surface area contributed by atoms with Crippen LogP contribution in [0, 0.1) is 12.8 Å². The van der Waals surface area contributed by atoms with Gasteiger partial charge in [-0.05, 0) is 73.2 Å². The molecule has 3 aromatic carbocycles. The summed E-state index contributed by atoms with van der Waals surface area (Å²) in [5.41, 5.74) is 5.19. The van der Waals surface area contributed by atoms with Gasteiger partial charge >= 0.3 is 0 Å². The largest absolute Gasteiger partial charge is 0.484 e. The number of amides is 2. The number of nitrogens with one attached hydrogen (secondary N) is 1. The summed E-state index contributed by atoms with van der Waals surface area (Å²) in [6, 6.07) is 21.2. The van der Waals surface area contributed by atoms with E-state index in [0.717, 1.165) is 48.8 Å². The Labute approximate surface area is 217 Å². The van der Waals surface area contributed by atoms with Gasteiger partial charge in [0.25, 0.3) is 5.91 Å². The van der Waals surface area contributed by atoms with Crippen molar-refractivity contribution in [2.45, 2.75) is 45.1 Å². The van der Waals surface area contributed by atoms with Crippen LogP contribution < -0.4 is 10.1 Å². The van der Waals surface area contributed by atoms with Crippen LogP contribution in [0.25, 0.3) is 0 Å². The minimum atomic E-state index is -0.261. The Kier molecular flexibility index (Phi) is 7.28. The maximum atomic E-state index is 13.6. The van der Waals surface area contributed by atoms with E-state index in [-0.39, 0.29) is 30.4 Å². The second-order valence-corrected chi connectivity index (χ2v) is 10.2. The maximum absolute atomic E-state index is 13.6. The molecular formula is C30H31ClN2O3. The Morgan fingerprint density at radius 2 is 1.83 bits per heavy atom. The second kappa shape index (κ2) is 10.8. The van der Waals surface area contributed by atoms with E-state index in [4.69, 9.17) is 16.3 Å². The van der Waals surface area contributed by atoms with Crippen molar-refractivity contribution in [3.8, 4) is 5.75 Å². The summed E-state index contributed by atoms with van der Waals surface area (Å²) in [6.07, 6.45) is 5.03. The molecule has 1 saturated carbocycles. The highest BCUT2D eigenvalue weighted by molar-refractivity contribution is 6.30. The SMILES string of the molecule is Cc1cccc(C2c3cc(OCC(=O)Nc4cccc(Cl)c4)ccc3CCN2C(=O)C2CCCC2)c1. The summed E-state index contributed by atoms with van der Waals surface area (Å²) in [6.45, 7) is 2.67. The number of aryl methyl sites for hydroxylation is 1. The Morgan fingerprint density at radius 1 is 1.03 bits per heavy atom. The highest BCUT2D eigenvalue weighted by atomic mass is 35.5. The molecule has 186 valence electrons. The topological polar surface area (TPSA) is 58.6 Å². The van der Waals surface area contributed by atoms with E-state index in [1.807, 2.05) is 12.1 Å². The molecule has 1 atom stereocenters. The molecule has 1 fully saturated rings. The van der Waals surface area contributed by atoms with E-state index in [1.54, 1.807) is 24.3 Å². The number of fused-ring (bicyclic) bond motifs is 1. The molecule has 5 nitrogen and oxygen atoms in total. The number of carbonyl (C=O) groups is 2. The van der Waals surface area contributed by atoms with Crippen molar-refractivity contribution in [3.05, 3.63) is 94.0 Å². The van der Waals surface area contributed by atoms with E-state index in [1.165, 1.54) is 5.56 Å². The third-order valence-electron chi connectivity index (χ3n) is 7.17. The van der Waals surface area contributed by atoms with Gasteiger partial charge in [0, 0.05) is 23.2 Å². The number of rotatable bonds is 6. The molecule has 3 aromatic rings. The van der Waals surface area contributed by atoms with Gasteiger partial charge in [-0.1, -0.05) is 66.4 Å². The Morgan fingerprint density at radius 3 is 2.61 bits per heavy atom. The molecule has 0 aromatic heterocycles. The van der Waals surface area contributed by atoms with Gasteiger partial charge in [-0.15, -0.1) is 0 Å². The minimum absolute atomic E-state index is 0.119. The number of halogens is 1. The lowest BCUT2D eigenvalue weighted by Crippen LogP contribution is -2.43. The predicted octanol–water partition coefficient (Wildman–Crippen LogP) is 6.33. The van der Waals surface area contributed by atoms with Crippen LogP contribution >= 0.6 is 11.6 Å². The van der Waals surface area contributed by atoms with Crippen molar-refractivity contribution < 1.29 is 14.3 Å². The van der Waals surface area contributed by atoms with Crippen LogP contribution in [0.4, 0.5) is 5.69 Å². The molecule has 2 amide bonds. The first-order chi connectivity index (χ1) is 17.5. The molecule has 2 aliphatic rings. The van der Waals surface area contributed by atoms with Crippen LogP contribution in [0.2, 0.25) is 5.02 Å². The minimum Gasteiger partial charge on any atom is -0.484 e. The van der Waals surface area contributed by atoms with Gasteiger partial charge in [0.15, 0.2) is 6.61 Å². The van der Waals surface area contributed by atoms with Crippen LogP contribution in [0.1, 0.15) is 54.0 Å². The molecule has 36 heavy (non-hydrogen) atoms.